The first-order valence-electron chi connectivity index (χ1n) is 13.6. The highest BCUT2D eigenvalue weighted by molar-refractivity contribution is 7.88. The Morgan fingerprint density at radius 3 is 2.49 bits per heavy atom. The number of aliphatic hydroxyl groups excluding tert-OH is 1. The van der Waals surface area contributed by atoms with Crippen LogP contribution in [0.2, 0.25) is 0 Å². The molecule has 8 nitrogen and oxygen atoms in total. The van der Waals surface area contributed by atoms with Crippen molar-refractivity contribution in [2.75, 3.05) is 33.1 Å². The summed E-state index contributed by atoms with van der Waals surface area (Å²) in [5, 5.41) is 13.0. The summed E-state index contributed by atoms with van der Waals surface area (Å²) in [6.45, 7) is 7.68. The minimum atomic E-state index is -3.58. The number of amides is 1. The Morgan fingerprint density at radius 2 is 1.93 bits per heavy atom. The first kappa shape index (κ1) is 32.6. The summed E-state index contributed by atoms with van der Waals surface area (Å²) in [5.74, 6) is -0.987. The lowest BCUT2D eigenvalue weighted by molar-refractivity contribution is -0.119. The van der Waals surface area contributed by atoms with Crippen LogP contribution in [0.1, 0.15) is 37.4 Å². The van der Waals surface area contributed by atoms with E-state index in [2.05, 4.69) is 11.9 Å². The predicted octanol–water partition coefficient (Wildman–Crippen LogP) is 3.35. The van der Waals surface area contributed by atoms with Gasteiger partial charge in [-0.25, -0.2) is 12.8 Å². The van der Waals surface area contributed by atoms with E-state index in [1.807, 2.05) is 44.2 Å². The van der Waals surface area contributed by atoms with Crippen LogP contribution in [0.5, 0.6) is 0 Å². The van der Waals surface area contributed by atoms with Crippen molar-refractivity contribution in [2.24, 2.45) is 17.1 Å². The number of likely N-dealkylation sites (N-methyl/N-ethyl adjacent to an activating group) is 1. The van der Waals surface area contributed by atoms with E-state index in [0.29, 0.717) is 24.0 Å². The minimum absolute atomic E-state index is 0.0711. The van der Waals surface area contributed by atoms with Crippen LogP contribution in [-0.2, 0) is 26.0 Å². The maximum absolute atomic E-state index is 13.5. The average Bonchev–Trinajstić information content (AvgIpc) is 2.93. The maximum atomic E-state index is 13.5. The van der Waals surface area contributed by atoms with Crippen LogP contribution in [0.3, 0.4) is 0 Å². The molecule has 1 amide bonds. The molecule has 0 bridgehead atoms. The van der Waals surface area contributed by atoms with Crippen LogP contribution >= 0.6 is 0 Å². The van der Waals surface area contributed by atoms with Gasteiger partial charge in [0, 0.05) is 18.7 Å². The van der Waals surface area contributed by atoms with Gasteiger partial charge in [-0.05, 0) is 47.4 Å². The quantitative estimate of drug-likeness (QED) is 0.309. The monoisotopic (exact) mass is 587 g/mol. The number of ether oxygens (including phenoxy) is 1. The molecule has 0 saturated heterocycles. The van der Waals surface area contributed by atoms with E-state index < -0.39 is 33.1 Å². The van der Waals surface area contributed by atoms with Crippen molar-refractivity contribution in [1.82, 2.24) is 9.62 Å². The molecule has 0 fully saturated rings. The van der Waals surface area contributed by atoms with E-state index >= 15 is 0 Å². The first-order valence-corrected chi connectivity index (χ1v) is 15.4. The molecule has 0 saturated carbocycles. The second kappa shape index (κ2) is 13.4. The molecule has 1 aliphatic carbocycles. The van der Waals surface area contributed by atoms with Gasteiger partial charge in [-0.2, -0.15) is 4.31 Å². The smallest absolute Gasteiger partial charge is 0.247 e. The van der Waals surface area contributed by atoms with E-state index in [1.165, 1.54) is 23.5 Å². The zero-order valence-corrected chi connectivity index (χ0v) is 25.0. The molecule has 41 heavy (non-hydrogen) atoms. The predicted molar refractivity (Wildman–Crippen MR) is 159 cm³/mol. The van der Waals surface area contributed by atoms with E-state index in [1.54, 1.807) is 24.3 Å². The topological polar surface area (TPSA) is 122 Å². The summed E-state index contributed by atoms with van der Waals surface area (Å²) >= 11 is 0. The van der Waals surface area contributed by atoms with Crippen molar-refractivity contribution in [2.45, 2.75) is 44.3 Å². The number of nitrogens with one attached hydrogen (secondary N) is 1. The molecule has 5 atom stereocenters. The van der Waals surface area contributed by atoms with Gasteiger partial charge >= 0.3 is 0 Å². The number of rotatable bonds is 13. The number of carbonyl (C=O) groups excluding carboxylic acids is 1. The molecule has 0 heterocycles. The highest BCUT2D eigenvalue weighted by Gasteiger charge is 2.45. The molecule has 2 aromatic rings. The largest absolute Gasteiger partial charge is 0.394 e. The van der Waals surface area contributed by atoms with Crippen LogP contribution in [0.25, 0.3) is 0 Å². The Morgan fingerprint density at radius 1 is 1.29 bits per heavy atom. The van der Waals surface area contributed by atoms with E-state index in [0.717, 1.165) is 11.8 Å². The van der Waals surface area contributed by atoms with Gasteiger partial charge in [-0.1, -0.05) is 68.5 Å². The Hall–Kier alpha value is -2.89. The summed E-state index contributed by atoms with van der Waals surface area (Å²) in [7, 11) is -2.08. The molecule has 3 rings (SSSR count). The lowest BCUT2D eigenvalue weighted by Gasteiger charge is -2.46. The molecule has 0 spiro atoms. The third-order valence-corrected chi connectivity index (χ3v) is 9.39. The van der Waals surface area contributed by atoms with Crippen molar-refractivity contribution < 1.29 is 27.4 Å². The number of hydrogen-bond donors (Lipinski definition) is 3. The van der Waals surface area contributed by atoms with Crippen molar-refractivity contribution >= 4 is 15.9 Å². The van der Waals surface area contributed by atoms with Crippen LogP contribution in [0.4, 0.5) is 4.39 Å². The molecule has 0 radical (unpaired) electrons. The van der Waals surface area contributed by atoms with Gasteiger partial charge in [0.1, 0.15) is 5.82 Å². The van der Waals surface area contributed by atoms with Gasteiger partial charge < -0.3 is 20.9 Å². The summed E-state index contributed by atoms with van der Waals surface area (Å²) < 4.78 is 45.9. The summed E-state index contributed by atoms with van der Waals surface area (Å²) in [6.07, 6.45) is 5.12. The number of benzene rings is 2. The zero-order valence-electron chi connectivity index (χ0n) is 24.2. The fourth-order valence-corrected chi connectivity index (χ4v) is 5.91. The summed E-state index contributed by atoms with van der Waals surface area (Å²) in [4.78, 5) is 13.5. The molecule has 2 aromatic carbocycles. The van der Waals surface area contributed by atoms with Crippen LogP contribution in [0, 0.1) is 17.2 Å². The van der Waals surface area contributed by atoms with E-state index in [9.17, 15) is 22.7 Å². The van der Waals surface area contributed by atoms with E-state index in [4.69, 9.17) is 10.5 Å². The average molecular weight is 588 g/mol. The third-order valence-electron chi connectivity index (χ3n) is 8.10. The lowest BCUT2D eigenvalue weighted by atomic mass is 9.66. The number of hydrogen-bond acceptors (Lipinski definition) is 6. The van der Waals surface area contributed by atoms with Crippen molar-refractivity contribution in [3.8, 4) is 0 Å². The van der Waals surface area contributed by atoms with Crippen LogP contribution < -0.4 is 11.1 Å². The van der Waals surface area contributed by atoms with Gasteiger partial charge in [0.25, 0.3) is 0 Å². The fourth-order valence-electron chi connectivity index (χ4n) is 5.22. The Bertz CT molecular complexity index is 1340. The molecule has 1 aliphatic rings. The zero-order chi connectivity index (χ0) is 30.4. The summed E-state index contributed by atoms with van der Waals surface area (Å²) in [5.41, 5.74) is 6.88. The van der Waals surface area contributed by atoms with Crippen molar-refractivity contribution in [3.05, 3.63) is 95.8 Å². The van der Waals surface area contributed by atoms with Gasteiger partial charge in [0.15, 0.2) is 0 Å². The molecule has 4 unspecified atom stereocenters. The Balaban J connectivity index is 1.83. The van der Waals surface area contributed by atoms with Crippen molar-refractivity contribution in [1.29, 1.82) is 0 Å². The number of carbonyl (C=O) groups is 1. The first-order chi connectivity index (χ1) is 19.2. The second-order valence-electron chi connectivity index (χ2n) is 11.5. The summed E-state index contributed by atoms with van der Waals surface area (Å²) in [6, 6.07) is 14.2. The van der Waals surface area contributed by atoms with Crippen LogP contribution in [0.15, 0.2) is 78.9 Å². The maximum Gasteiger partial charge on any atom is 0.247 e. The number of aliphatic hydroxyl groups is 1. The molecule has 0 aromatic heterocycles. The molecule has 4 N–H and O–H groups in total. The number of nitrogens with zero attached hydrogens (tertiary/aromatic N) is 1. The molecular formula is C31H42FN3O5S. The normalized spacial score (nSPS) is 23.4. The standard InChI is InChI=1S/C31H42FN3O5S/c1-6-27(24-12-14-26(32)15-13-24)34-29(37)25-16-28(35(4)41(5,38)39)22(2)30(3,18-25)20-40-21-31(33,19-36)17-23-10-8-7-9-11-23/h6-16,22,27-28,36H,1,17-21,33H2,2-5H3,(H,34,37)/t22?,27-,28?,30?,31?/m1/s1. The Labute approximate surface area is 243 Å². The molecule has 0 aliphatic heterocycles. The Kier molecular flexibility index (Phi) is 10.7. The van der Waals surface area contributed by atoms with Gasteiger partial charge in [-0.3, -0.25) is 4.79 Å². The number of halogens is 1. The van der Waals surface area contributed by atoms with Gasteiger partial charge in [-0.15, -0.1) is 6.58 Å². The third kappa shape index (κ3) is 8.33. The minimum Gasteiger partial charge on any atom is -0.394 e. The van der Waals surface area contributed by atoms with E-state index in [-0.39, 0.29) is 37.5 Å². The fraction of sp³-hybridized carbons (Fsp3) is 0.452. The van der Waals surface area contributed by atoms with Gasteiger partial charge in [0.2, 0.25) is 15.9 Å². The van der Waals surface area contributed by atoms with Crippen LogP contribution in [-0.4, -0.2) is 68.4 Å². The number of nitrogens with two attached hydrogens (primary N) is 1. The second-order valence-corrected chi connectivity index (χ2v) is 13.5. The SMILES string of the molecule is C=C[C@@H](NC(=O)C1=CC(N(C)S(C)(=O)=O)C(C)C(C)(COCC(N)(CO)Cc2ccccc2)C1)c1ccc(F)cc1. The molecule has 10 heteroatoms. The highest BCUT2D eigenvalue weighted by Crippen LogP contribution is 2.43. The highest BCUT2D eigenvalue weighted by atomic mass is 32.2. The molecular weight excluding hydrogens is 545 g/mol. The number of sulfonamides is 1. The van der Waals surface area contributed by atoms with Crippen molar-refractivity contribution in [3.63, 3.8) is 0 Å². The van der Waals surface area contributed by atoms with Gasteiger partial charge in [0.05, 0.1) is 37.7 Å². The molecule has 224 valence electrons. The lowest BCUT2D eigenvalue weighted by Crippen LogP contribution is -2.53.